The first-order valence-corrected chi connectivity index (χ1v) is 7.54. The summed E-state index contributed by atoms with van der Waals surface area (Å²) >= 11 is 18.0. The third-order valence-corrected chi connectivity index (χ3v) is 4.04. The van der Waals surface area contributed by atoms with Crippen LogP contribution in [-0.4, -0.2) is 10.3 Å². The molecular formula is C16H10Cl3NO2. The van der Waals surface area contributed by atoms with Crippen molar-refractivity contribution in [1.29, 1.82) is 0 Å². The number of hydrogen-bond donors (Lipinski definition) is 1. The molecule has 0 unspecified atom stereocenters. The highest BCUT2D eigenvalue weighted by Gasteiger charge is 2.20. The van der Waals surface area contributed by atoms with Gasteiger partial charge in [-0.1, -0.05) is 40.0 Å². The average molecular weight is 355 g/mol. The Morgan fingerprint density at radius 1 is 0.955 bits per heavy atom. The Bertz CT molecular complexity index is 813. The predicted molar refractivity (Wildman–Crippen MR) is 88.3 cm³/mol. The lowest BCUT2D eigenvalue weighted by Gasteiger charge is -2.04. The predicted octanol–water partition coefficient (Wildman–Crippen LogP) is 5.46. The van der Waals surface area contributed by atoms with Crippen LogP contribution in [0.4, 0.5) is 0 Å². The maximum atomic E-state index is 9.72. The van der Waals surface area contributed by atoms with Gasteiger partial charge in [-0.05, 0) is 42.5 Å². The summed E-state index contributed by atoms with van der Waals surface area (Å²) in [4.78, 5) is 0. The Labute approximate surface area is 142 Å². The van der Waals surface area contributed by atoms with E-state index in [1.165, 1.54) is 0 Å². The third-order valence-electron chi connectivity index (χ3n) is 3.24. The van der Waals surface area contributed by atoms with Gasteiger partial charge in [-0.15, -0.1) is 0 Å². The van der Waals surface area contributed by atoms with Crippen LogP contribution in [0.1, 0.15) is 5.56 Å². The van der Waals surface area contributed by atoms with Crippen LogP contribution in [0.15, 0.2) is 47.0 Å². The summed E-state index contributed by atoms with van der Waals surface area (Å²) < 4.78 is 5.41. The Hall–Kier alpha value is -1.52. The SMILES string of the molecule is OCc1c(-c2ccc(Cl)cc2Cl)noc1-c1ccc(Cl)cc1. The minimum Gasteiger partial charge on any atom is -0.391 e. The molecule has 0 amide bonds. The van der Waals surface area contributed by atoms with E-state index in [2.05, 4.69) is 5.16 Å². The molecule has 0 fully saturated rings. The maximum Gasteiger partial charge on any atom is 0.173 e. The van der Waals surface area contributed by atoms with Crippen LogP contribution in [0, 0.1) is 0 Å². The number of nitrogens with zero attached hydrogens (tertiary/aromatic N) is 1. The molecule has 1 aromatic heterocycles. The highest BCUT2D eigenvalue weighted by atomic mass is 35.5. The summed E-state index contributed by atoms with van der Waals surface area (Å²) in [6.07, 6.45) is 0. The molecule has 6 heteroatoms. The minimum atomic E-state index is -0.226. The highest BCUT2D eigenvalue weighted by Crippen LogP contribution is 2.36. The van der Waals surface area contributed by atoms with E-state index < -0.39 is 0 Å². The number of rotatable bonds is 3. The topological polar surface area (TPSA) is 46.3 Å². The van der Waals surface area contributed by atoms with Gasteiger partial charge < -0.3 is 9.63 Å². The highest BCUT2D eigenvalue weighted by molar-refractivity contribution is 6.36. The van der Waals surface area contributed by atoms with E-state index in [1.807, 2.05) is 0 Å². The van der Waals surface area contributed by atoms with Gasteiger partial charge >= 0.3 is 0 Å². The van der Waals surface area contributed by atoms with Gasteiger partial charge in [-0.25, -0.2) is 0 Å². The minimum absolute atomic E-state index is 0.226. The van der Waals surface area contributed by atoms with Gasteiger partial charge in [0.1, 0.15) is 5.69 Å². The second-order valence-electron chi connectivity index (χ2n) is 4.63. The number of aromatic nitrogens is 1. The van der Waals surface area contributed by atoms with Crippen LogP contribution >= 0.6 is 34.8 Å². The van der Waals surface area contributed by atoms with Crippen molar-refractivity contribution in [1.82, 2.24) is 5.16 Å². The molecule has 0 spiro atoms. The first kappa shape index (κ1) is 15.4. The van der Waals surface area contributed by atoms with E-state index in [4.69, 9.17) is 39.3 Å². The third kappa shape index (κ3) is 2.85. The van der Waals surface area contributed by atoms with Crippen molar-refractivity contribution in [2.75, 3.05) is 0 Å². The molecule has 22 heavy (non-hydrogen) atoms. The standard InChI is InChI=1S/C16H10Cl3NO2/c17-10-3-1-9(2-4-10)16-13(8-21)15(20-22-16)12-6-5-11(18)7-14(12)19/h1-7,21H,8H2. The molecule has 1 heterocycles. The molecule has 2 aromatic carbocycles. The van der Waals surface area contributed by atoms with E-state index in [0.29, 0.717) is 37.6 Å². The van der Waals surface area contributed by atoms with Crippen molar-refractivity contribution >= 4 is 34.8 Å². The van der Waals surface area contributed by atoms with Crippen LogP contribution in [0.2, 0.25) is 15.1 Å². The average Bonchev–Trinajstić information content (AvgIpc) is 2.91. The summed E-state index contributed by atoms with van der Waals surface area (Å²) in [6.45, 7) is -0.226. The van der Waals surface area contributed by atoms with E-state index in [0.717, 1.165) is 5.56 Å². The van der Waals surface area contributed by atoms with Gasteiger partial charge in [0.25, 0.3) is 0 Å². The summed E-state index contributed by atoms with van der Waals surface area (Å²) in [5.41, 5.74) is 2.48. The molecule has 0 saturated heterocycles. The van der Waals surface area contributed by atoms with Crippen LogP contribution in [0.25, 0.3) is 22.6 Å². The lowest BCUT2D eigenvalue weighted by Crippen LogP contribution is -1.90. The number of aliphatic hydroxyl groups is 1. The molecule has 0 aliphatic carbocycles. The lowest BCUT2D eigenvalue weighted by molar-refractivity contribution is 0.281. The van der Waals surface area contributed by atoms with E-state index in [-0.39, 0.29) is 6.61 Å². The Morgan fingerprint density at radius 3 is 2.27 bits per heavy atom. The molecular weight excluding hydrogens is 345 g/mol. The molecule has 3 aromatic rings. The van der Waals surface area contributed by atoms with E-state index in [1.54, 1.807) is 42.5 Å². The first-order valence-electron chi connectivity index (χ1n) is 6.41. The Balaban J connectivity index is 2.13. The van der Waals surface area contributed by atoms with Gasteiger partial charge in [0, 0.05) is 21.2 Å². The normalized spacial score (nSPS) is 10.9. The van der Waals surface area contributed by atoms with Crippen molar-refractivity contribution in [2.24, 2.45) is 0 Å². The van der Waals surface area contributed by atoms with E-state index in [9.17, 15) is 5.11 Å². The van der Waals surface area contributed by atoms with Crippen molar-refractivity contribution in [3.8, 4) is 22.6 Å². The monoisotopic (exact) mass is 353 g/mol. The zero-order valence-electron chi connectivity index (χ0n) is 11.2. The van der Waals surface area contributed by atoms with Crippen LogP contribution < -0.4 is 0 Å². The second kappa shape index (κ2) is 6.31. The number of aliphatic hydroxyl groups excluding tert-OH is 1. The largest absolute Gasteiger partial charge is 0.391 e. The molecule has 0 bridgehead atoms. The van der Waals surface area contributed by atoms with Gasteiger partial charge in [0.15, 0.2) is 5.76 Å². The van der Waals surface area contributed by atoms with Crippen molar-refractivity contribution in [2.45, 2.75) is 6.61 Å². The molecule has 0 saturated carbocycles. The van der Waals surface area contributed by atoms with Gasteiger partial charge in [0.2, 0.25) is 0 Å². The fourth-order valence-electron chi connectivity index (χ4n) is 2.18. The zero-order chi connectivity index (χ0) is 15.7. The number of halogens is 3. The summed E-state index contributed by atoms with van der Waals surface area (Å²) in [7, 11) is 0. The van der Waals surface area contributed by atoms with Crippen LogP contribution in [0.3, 0.4) is 0 Å². The summed E-state index contributed by atoms with van der Waals surface area (Å²) in [5, 5.41) is 15.4. The molecule has 112 valence electrons. The molecule has 3 rings (SSSR count). The van der Waals surface area contributed by atoms with Crippen molar-refractivity contribution in [3.63, 3.8) is 0 Å². The Morgan fingerprint density at radius 2 is 1.64 bits per heavy atom. The number of hydrogen-bond acceptors (Lipinski definition) is 3. The van der Waals surface area contributed by atoms with Crippen molar-refractivity contribution in [3.05, 3.63) is 63.1 Å². The quantitative estimate of drug-likeness (QED) is 0.679. The first-order chi connectivity index (χ1) is 10.6. The van der Waals surface area contributed by atoms with Gasteiger partial charge in [0.05, 0.1) is 17.2 Å². The molecule has 0 aliphatic rings. The molecule has 1 N–H and O–H groups in total. The molecule has 0 atom stereocenters. The molecule has 3 nitrogen and oxygen atoms in total. The fraction of sp³-hybridized carbons (Fsp3) is 0.0625. The van der Waals surface area contributed by atoms with Crippen molar-refractivity contribution < 1.29 is 9.63 Å². The maximum absolute atomic E-state index is 9.72. The fourth-order valence-corrected chi connectivity index (χ4v) is 2.80. The smallest absolute Gasteiger partial charge is 0.173 e. The molecule has 0 aliphatic heterocycles. The second-order valence-corrected chi connectivity index (χ2v) is 5.91. The molecule has 0 radical (unpaired) electrons. The lowest BCUT2D eigenvalue weighted by atomic mass is 10.0. The Kier molecular flexibility index (Phi) is 4.41. The summed E-state index contributed by atoms with van der Waals surface area (Å²) in [5.74, 6) is 0.486. The number of benzene rings is 2. The van der Waals surface area contributed by atoms with Gasteiger partial charge in [-0.2, -0.15) is 0 Å². The van der Waals surface area contributed by atoms with Gasteiger partial charge in [-0.3, -0.25) is 0 Å². The summed E-state index contributed by atoms with van der Waals surface area (Å²) in [6, 6.07) is 12.2. The zero-order valence-corrected chi connectivity index (χ0v) is 13.5. The van der Waals surface area contributed by atoms with Crippen LogP contribution in [0.5, 0.6) is 0 Å². The van der Waals surface area contributed by atoms with E-state index >= 15 is 0 Å². The van der Waals surface area contributed by atoms with Crippen LogP contribution in [-0.2, 0) is 6.61 Å².